The second kappa shape index (κ2) is 10.2. The quantitative estimate of drug-likeness (QED) is 0.421. The summed E-state index contributed by atoms with van der Waals surface area (Å²) < 4.78 is 11.6. The first-order chi connectivity index (χ1) is 11.6. The van der Waals surface area contributed by atoms with Crippen LogP contribution in [0.4, 0.5) is 0 Å². The number of rotatable bonds is 12. The Balaban J connectivity index is 1.73. The molecule has 0 spiro atoms. The van der Waals surface area contributed by atoms with E-state index in [1.54, 1.807) is 0 Å². The van der Waals surface area contributed by atoms with Crippen molar-refractivity contribution in [3.05, 3.63) is 12.2 Å². The Morgan fingerprint density at radius 2 is 2.08 bits per heavy atom. The van der Waals surface area contributed by atoms with Gasteiger partial charge in [-0.05, 0) is 38.0 Å². The van der Waals surface area contributed by atoms with Crippen LogP contribution in [0, 0.1) is 11.8 Å². The number of aliphatic hydroxyl groups excluding tert-OH is 1. The lowest BCUT2D eigenvalue weighted by molar-refractivity contribution is -0.137. The maximum absolute atomic E-state index is 10.5. The van der Waals surface area contributed by atoms with E-state index in [2.05, 4.69) is 13.0 Å². The van der Waals surface area contributed by atoms with E-state index in [0.29, 0.717) is 43.7 Å². The molecular formula is C19H32O5. The number of ether oxygens (including phenoxy) is 2. The first-order valence-corrected chi connectivity index (χ1v) is 9.43. The molecule has 2 aliphatic heterocycles. The van der Waals surface area contributed by atoms with E-state index in [0.717, 1.165) is 38.5 Å². The van der Waals surface area contributed by atoms with Crippen LogP contribution in [0.5, 0.6) is 0 Å². The van der Waals surface area contributed by atoms with Gasteiger partial charge in [-0.3, -0.25) is 4.79 Å². The Kier molecular flexibility index (Phi) is 8.22. The number of fused-ring (bicyclic) bond motifs is 2. The van der Waals surface area contributed by atoms with Crippen molar-refractivity contribution in [2.75, 3.05) is 13.2 Å². The number of aliphatic carboxylic acids is 1. The summed E-state index contributed by atoms with van der Waals surface area (Å²) in [6.45, 7) is 3.29. The summed E-state index contributed by atoms with van der Waals surface area (Å²) in [7, 11) is 0. The van der Waals surface area contributed by atoms with Gasteiger partial charge >= 0.3 is 5.97 Å². The Bertz CT molecular complexity index is 409. The highest BCUT2D eigenvalue weighted by molar-refractivity contribution is 5.66. The van der Waals surface area contributed by atoms with Gasteiger partial charge in [0.2, 0.25) is 0 Å². The number of carboxylic acid groups (broad SMARTS) is 1. The maximum Gasteiger partial charge on any atom is 0.303 e. The predicted octanol–water partition coefficient (Wildman–Crippen LogP) is 3.16. The molecular weight excluding hydrogens is 308 g/mol. The highest BCUT2D eigenvalue weighted by Crippen LogP contribution is 2.45. The molecule has 2 rings (SSSR count). The normalized spacial score (nSPS) is 30.2. The van der Waals surface area contributed by atoms with Crippen LogP contribution in [0.15, 0.2) is 12.2 Å². The van der Waals surface area contributed by atoms with Gasteiger partial charge in [-0.2, -0.15) is 0 Å². The first-order valence-electron chi connectivity index (χ1n) is 9.43. The summed E-state index contributed by atoms with van der Waals surface area (Å²) in [6.07, 6.45) is 11.3. The topological polar surface area (TPSA) is 76.0 Å². The second-order valence-electron chi connectivity index (χ2n) is 7.02. The summed E-state index contributed by atoms with van der Waals surface area (Å²) in [5, 5.41) is 18.6. The van der Waals surface area contributed by atoms with Crippen LogP contribution >= 0.6 is 0 Å². The summed E-state index contributed by atoms with van der Waals surface area (Å²) in [4.78, 5) is 10.5. The fourth-order valence-corrected chi connectivity index (χ4v) is 3.87. The molecule has 0 aromatic heterocycles. The molecule has 24 heavy (non-hydrogen) atoms. The van der Waals surface area contributed by atoms with Crippen LogP contribution in [0.3, 0.4) is 0 Å². The van der Waals surface area contributed by atoms with Gasteiger partial charge in [0.15, 0.2) is 0 Å². The molecule has 5 heteroatoms. The third-order valence-corrected chi connectivity index (χ3v) is 5.17. The molecule has 0 aromatic rings. The molecule has 2 N–H and O–H groups in total. The van der Waals surface area contributed by atoms with Crippen molar-refractivity contribution in [3.63, 3.8) is 0 Å². The van der Waals surface area contributed by atoms with Gasteiger partial charge < -0.3 is 19.7 Å². The molecule has 2 aliphatic rings. The molecule has 2 saturated heterocycles. The van der Waals surface area contributed by atoms with Gasteiger partial charge in [0, 0.05) is 25.6 Å². The third kappa shape index (κ3) is 5.87. The molecule has 2 fully saturated rings. The van der Waals surface area contributed by atoms with Crippen LogP contribution in [0.25, 0.3) is 0 Å². The average molecular weight is 340 g/mol. The first kappa shape index (κ1) is 19.4. The fraction of sp³-hybridized carbons (Fsp3) is 0.842. The van der Waals surface area contributed by atoms with Crippen molar-refractivity contribution in [3.8, 4) is 0 Å². The van der Waals surface area contributed by atoms with Crippen molar-refractivity contribution in [1.29, 1.82) is 0 Å². The van der Waals surface area contributed by atoms with Crippen molar-refractivity contribution in [2.24, 2.45) is 11.8 Å². The third-order valence-electron chi connectivity index (χ3n) is 5.17. The zero-order valence-electron chi connectivity index (χ0n) is 14.7. The van der Waals surface area contributed by atoms with Crippen LogP contribution in [-0.4, -0.2) is 47.7 Å². The number of carboxylic acids is 1. The van der Waals surface area contributed by atoms with Crippen molar-refractivity contribution in [1.82, 2.24) is 0 Å². The highest BCUT2D eigenvalue weighted by Gasteiger charge is 2.47. The molecule has 0 radical (unpaired) electrons. The average Bonchev–Trinajstić information content (AvgIpc) is 3.15. The van der Waals surface area contributed by atoms with Crippen molar-refractivity contribution >= 4 is 5.97 Å². The Labute approximate surface area is 145 Å². The Morgan fingerprint density at radius 3 is 2.83 bits per heavy atom. The largest absolute Gasteiger partial charge is 0.481 e. The van der Waals surface area contributed by atoms with Crippen LogP contribution in [0.1, 0.15) is 58.3 Å². The zero-order valence-corrected chi connectivity index (χ0v) is 14.7. The van der Waals surface area contributed by atoms with E-state index in [4.69, 9.17) is 14.6 Å². The minimum Gasteiger partial charge on any atom is -0.481 e. The van der Waals surface area contributed by atoms with E-state index in [-0.39, 0.29) is 12.5 Å². The monoisotopic (exact) mass is 340 g/mol. The summed E-state index contributed by atoms with van der Waals surface area (Å²) in [5.74, 6) is 0.0624. The van der Waals surface area contributed by atoms with Gasteiger partial charge in [0.25, 0.3) is 0 Å². The Hall–Kier alpha value is -0.910. The molecule has 0 aromatic carbocycles. The molecule has 0 aliphatic carbocycles. The molecule has 2 heterocycles. The number of unbranched alkanes of at least 4 members (excludes halogenated alkanes) is 1. The predicted molar refractivity (Wildman–Crippen MR) is 91.9 cm³/mol. The van der Waals surface area contributed by atoms with Crippen LogP contribution < -0.4 is 0 Å². The Morgan fingerprint density at radius 1 is 1.29 bits per heavy atom. The number of hydrogen-bond donors (Lipinski definition) is 2. The smallest absolute Gasteiger partial charge is 0.303 e. The van der Waals surface area contributed by atoms with E-state index in [1.807, 2.05) is 6.08 Å². The van der Waals surface area contributed by atoms with E-state index in [9.17, 15) is 9.90 Å². The summed E-state index contributed by atoms with van der Waals surface area (Å²) >= 11 is 0. The fourth-order valence-electron chi connectivity index (χ4n) is 3.87. The molecule has 2 bridgehead atoms. The highest BCUT2D eigenvalue weighted by atomic mass is 16.5. The van der Waals surface area contributed by atoms with E-state index in [1.165, 1.54) is 0 Å². The molecule has 1 unspecified atom stereocenters. The zero-order chi connectivity index (χ0) is 17.4. The lowest BCUT2D eigenvalue weighted by Crippen LogP contribution is -2.27. The van der Waals surface area contributed by atoms with Crippen molar-refractivity contribution < 1.29 is 24.5 Å². The van der Waals surface area contributed by atoms with Crippen molar-refractivity contribution in [2.45, 2.75) is 76.6 Å². The molecule has 138 valence electrons. The SMILES string of the molecule is CCCCC(O)C=C[C@@H]1[C@H](CCOCCCC(=O)O)[C@@H]2CC[C@H]1O2. The van der Waals surface area contributed by atoms with Crippen LogP contribution in [-0.2, 0) is 14.3 Å². The summed E-state index contributed by atoms with van der Waals surface area (Å²) in [5.41, 5.74) is 0. The van der Waals surface area contributed by atoms with E-state index < -0.39 is 5.97 Å². The van der Waals surface area contributed by atoms with Gasteiger partial charge in [0.05, 0.1) is 18.3 Å². The number of aliphatic hydroxyl groups is 1. The van der Waals surface area contributed by atoms with Gasteiger partial charge in [0.1, 0.15) is 0 Å². The van der Waals surface area contributed by atoms with E-state index >= 15 is 0 Å². The minimum absolute atomic E-state index is 0.165. The minimum atomic E-state index is -0.771. The lowest BCUT2D eigenvalue weighted by atomic mass is 9.77. The molecule has 5 nitrogen and oxygen atoms in total. The number of hydrogen-bond acceptors (Lipinski definition) is 4. The standard InChI is InChI=1S/C19H32O5/c1-2-3-5-14(20)7-8-15-16(18-10-9-17(15)24-18)11-13-23-12-4-6-19(21)22/h7-8,14-18,20H,2-6,9-13H2,1H3,(H,21,22)/t14?,15-,16+,17-,18+/m1/s1. The van der Waals surface area contributed by atoms with Crippen LogP contribution in [0.2, 0.25) is 0 Å². The molecule has 5 atom stereocenters. The maximum atomic E-state index is 10.5. The van der Waals surface area contributed by atoms with Gasteiger partial charge in [-0.1, -0.05) is 31.9 Å². The summed E-state index contributed by atoms with van der Waals surface area (Å²) in [6, 6.07) is 0. The number of carbonyl (C=O) groups is 1. The van der Waals surface area contributed by atoms with Gasteiger partial charge in [-0.25, -0.2) is 0 Å². The molecule has 0 amide bonds. The second-order valence-corrected chi connectivity index (χ2v) is 7.02. The van der Waals surface area contributed by atoms with Gasteiger partial charge in [-0.15, -0.1) is 0 Å². The lowest BCUT2D eigenvalue weighted by Gasteiger charge is -2.26. The molecule has 0 saturated carbocycles.